The van der Waals surface area contributed by atoms with E-state index in [1.54, 1.807) is 0 Å². The summed E-state index contributed by atoms with van der Waals surface area (Å²) in [7, 11) is 2.21. The zero-order valence-electron chi connectivity index (χ0n) is 5.05. The Labute approximate surface area is 55.0 Å². The Balaban J connectivity index is 2.50. The Morgan fingerprint density at radius 2 is 2.50 bits per heavy atom. The molecule has 0 fully saturated rings. The summed E-state index contributed by atoms with van der Waals surface area (Å²) in [6, 6.07) is 4.30. The first-order valence-electron chi connectivity index (χ1n) is 2.96. The monoisotopic (exact) mass is 124 g/mol. The number of thiophene rings is 1. The minimum atomic E-state index is 1.25. The van der Waals surface area contributed by atoms with Crippen LogP contribution in [0.2, 0.25) is 6.32 Å². The Hall–Kier alpha value is -0.235. The predicted octanol–water partition coefficient (Wildman–Crippen LogP) is 1.34. The molecule has 0 aliphatic rings. The number of hydrogen-bond donors (Lipinski definition) is 0. The van der Waals surface area contributed by atoms with Gasteiger partial charge in [0.2, 0.25) is 0 Å². The van der Waals surface area contributed by atoms with E-state index in [0.29, 0.717) is 0 Å². The van der Waals surface area contributed by atoms with Crippen molar-refractivity contribution in [3.8, 4) is 0 Å². The van der Waals surface area contributed by atoms with Crippen molar-refractivity contribution in [2.75, 3.05) is 0 Å². The fourth-order valence-corrected chi connectivity index (χ4v) is 1.51. The van der Waals surface area contributed by atoms with Crippen molar-refractivity contribution in [1.82, 2.24) is 0 Å². The molecule has 8 heavy (non-hydrogen) atoms. The Morgan fingerprint density at radius 3 is 3.00 bits per heavy atom. The van der Waals surface area contributed by atoms with Crippen LogP contribution < -0.4 is 0 Å². The summed E-state index contributed by atoms with van der Waals surface area (Å²) < 4.78 is 0. The van der Waals surface area contributed by atoms with Crippen LogP contribution in [0.4, 0.5) is 0 Å². The Bertz CT molecular complexity index is 134. The number of rotatable bonds is 2. The highest BCUT2D eigenvalue weighted by Crippen LogP contribution is 2.09. The van der Waals surface area contributed by atoms with Crippen molar-refractivity contribution in [3.63, 3.8) is 0 Å². The molecule has 0 radical (unpaired) electrons. The van der Waals surface area contributed by atoms with Gasteiger partial charge >= 0.3 is 0 Å². The second-order valence-corrected chi connectivity index (χ2v) is 2.86. The van der Waals surface area contributed by atoms with Crippen molar-refractivity contribution in [3.05, 3.63) is 22.4 Å². The zero-order chi connectivity index (χ0) is 5.82. The van der Waals surface area contributed by atoms with Gasteiger partial charge in [0.15, 0.2) is 0 Å². The van der Waals surface area contributed by atoms with E-state index in [4.69, 9.17) is 0 Å². The third-order valence-corrected chi connectivity index (χ3v) is 2.01. The van der Waals surface area contributed by atoms with Crippen molar-refractivity contribution >= 4 is 19.2 Å². The second-order valence-electron chi connectivity index (χ2n) is 1.83. The molecular weight excluding hydrogens is 115 g/mol. The van der Waals surface area contributed by atoms with Gasteiger partial charge in [-0.25, -0.2) is 0 Å². The lowest BCUT2D eigenvalue weighted by molar-refractivity contribution is 1.18. The highest BCUT2D eigenvalue weighted by Gasteiger charge is 1.87. The van der Waals surface area contributed by atoms with Crippen LogP contribution >= 0.6 is 11.3 Å². The molecular formula is C6H9BS. The van der Waals surface area contributed by atoms with Gasteiger partial charge in [-0.15, -0.1) is 11.3 Å². The molecule has 0 aromatic carbocycles. The van der Waals surface area contributed by atoms with Crippen LogP contribution in [-0.2, 0) is 6.42 Å². The summed E-state index contributed by atoms with van der Waals surface area (Å²) in [5, 5.41) is 2.13. The molecule has 0 N–H and O–H groups in total. The minimum Gasteiger partial charge on any atom is -0.149 e. The van der Waals surface area contributed by atoms with Crippen molar-refractivity contribution < 1.29 is 0 Å². The van der Waals surface area contributed by atoms with Crippen LogP contribution in [0.25, 0.3) is 0 Å². The van der Waals surface area contributed by atoms with Gasteiger partial charge in [-0.3, -0.25) is 0 Å². The fraction of sp³-hybridized carbons (Fsp3) is 0.333. The third kappa shape index (κ3) is 1.37. The molecule has 0 atom stereocenters. The SMILES string of the molecule is BCCc1cccs1. The zero-order valence-corrected chi connectivity index (χ0v) is 5.87. The number of hydrogen-bond acceptors (Lipinski definition) is 1. The third-order valence-electron chi connectivity index (χ3n) is 1.08. The molecule has 0 aliphatic carbocycles. The molecule has 0 aliphatic heterocycles. The quantitative estimate of drug-likeness (QED) is 0.522. The first-order valence-corrected chi connectivity index (χ1v) is 3.84. The largest absolute Gasteiger partial charge is 0.149 e. The van der Waals surface area contributed by atoms with Gasteiger partial charge in [-0.1, -0.05) is 12.4 Å². The normalized spacial score (nSPS) is 9.50. The van der Waals surface area contributed by atoms with Crippen molar-refractivity contribution in [1.29, 1.82) is 0 Å². The van der Waals surface area contributed by atoms with Crippen LogP contribution in [0.1, 0.15) is 4.88 Å². The molecule has 0 saturated carbocycles. The topological polar surface area (TPSA) is 0 Å². The molecule has 0 unspecified atom stereocenters. The molecule has 0 spiro atoms. The van der Waals surface area contributed by atoms with Crippen molar-refractivity contribution in [2.45, 2.75) is 12.7 Å². The van der Waals surface area contributed by atoms with Gasteiger partial charge in [0.25, 0.3) is 0 Å². The van der Waals surface area contributed by atoms with E-state index in [1.165, 1.54) is 17.6 Å². The minimum absolute atomic E-state index is 1.25. The van der Waals surface area contributed by atoms with E-state index in [1.807, 2.05) is 11.3 Å². The molecule has 0 bridgehead atoms. The summed E-state index contributed by atoms with van der Waals surface area (Å²) in [6.07, 6.45) is 2.51. The summed E-state index contributed by atoms with van der Waals surface area (Å²) in [4.78, 5) is 1.51. The van der Waals surface area contributed by atoms with E-state index in [2.05, 4.69) is 25.4 Å². The predicted molar refractivity (Wildman–Crippen MR) is 41.4 cm³/mol. The maximum atomic E-state index is 2.21. The lowest BCUT2D eigenvalue weighted by atomic mass is 10.0. The molecule has 0 saturated heterocycles. The lowest BCUT2D eigenvalue weighted by Crippen LogP contribution is -1.74. The molecule has 1 aromatic heterocycles. The van der Waals surface area contributed by atoms with E-state index in [-0.39, 0.29) is 0 Å². The van der Waals surface area contributed by atoms with Crippen molar-refractivity contribution in [2.24, 2.45) is 0 Å². The van der Waals surface area contributed by atoms with Gasteiger partial charge < -0.3 is 0 Å². The van der Waals surface area contributed by atoms with Crippen LogP contribution in [-0.4, -0.2) is 7.85 Å². The highest BCUT2D eigenvalue weighted by molar-refractivity contribution is 7.09. The molecule has 42 valence electrons. The van der Waals surface area contributed by atoms with Crippen LogP contribution in [0.5, 0.6) is 0 Å². The maximum absolute atomic E-state index is 2.21. The van der Waals surface area contributed by atoms with E-state index in [9.17, 15) is 0 Å². The lowest BCUT2D eigenvalue weighted by Gasteiger charge is -1.85. The summed E-state index contributed by atoms with van der Waals surface area (Å²) >= 11 is 1.85. The maximum Gasteiger partial charge on any atom is 0.101 e. The number of aryl methyl sites for hydroxylation is 1. The molecule has 1 aromatic rings. The average molecular weight is 124 g/mol. The Morgan fingerprint density at radius 1 is 1.62 bits per heavy atom. The standard InChI is InChI=1S/C6H9BS/c7-4-3-6-2-1-5-8-6/h1-2,5H,3-4,7H2. The van der Waals surface area contributed by atoms with Gasteiger partial charge in [0, 0.05) is 4.88 Å². The molecule has 0 amide bonds. The second kappa shape index (κ2) is 2.93. The molecule has 1 heterocycles. The van der Waals surface area contributed by atoms with Gasteiger partial charge in [0.1, 0.15) is 7.85 Å². The molecule has 2 heteroatoms. The van der Waals surface area contributed by atoms with Gasteiger partial charge in [-0.05, 0) is 17.9 Å². The first-order chi connectivity index (χ1) is 3.93. The highest BCUT2D eigenvalue weighted by atomic mass is 32.1. The molecule has 0 nitrogen and oxygen atoms in total. The van der Waals surface area contributed by atoms with Crippen LogP contribution in [0.3, 0.4) is 0 Å². The summed E-state index contributed by atoms with van der Waals surface area (Å²) in [5.74, 6) is 0. The Kier molecular flexibility index (Phi) is 2.16. The van der Waals surface area contributed by atoms with Gasteiger partial charge in [0.05, 0.1) is 0 Å². The summed E-state index contributed by atoms with van der Waals surface area (Å²) in [6.45, 7) is 0. The van der Waals surface area contributed by atoms with Crippen LogP contribution in [0.15, 0.2) is 17.5 Å². The van der Waals surface area contributed by atoms with Crippen LogP contribution in [0, 0.1) is 0 Å². The van der Waals surface area contributed by atoms with E-state index in [0.717, 1.165) is 0 Å². The summed E-state index contributed by atoms with van der Waals surface area (Å²) in [5.41, 5.74) is 0. The first kappa shape index (κ1) is 5.89. The average Bonchev–Trinajstić information content (AvgIpc) is 2.19. The van der Waals surface area contributed by atoms with Gasteiger partial charge in [-0.2, -0.15) is 0 Å². The fourth-order valence-electron chi connectivity index (χ4n) is 0.701. The smallest absolute Gasteiger partial charge is 0.101 e. The van der Waals surface area contributed by atoms with E-state index >= 15 is 0 Å². The molecule has 1 rings (SSSR count). The van der Waals surface area contributed by atoms with E-state index < -0.39 is 0 Å².